The van der Waals surface area contributed by atoms with Gasteiger partial charge in [0.15, 0.2) is 0 Å². The summed E-state index contributed by atoms with van der Waals surface area (Å²) in [5.41, 5.74) is 2.03. The van der Waals surface area contributed by atoms with Gasteiger partial charge in [-0.15, -0.1) is 11.3 Å². The number of hydrogen-bond donors (Lipinski definition) is 0. The number of carbonyl (C=O) groups excluding carboxylic acids is 2. The Bertz CT molecular complexity index is 889. The third-order valence-corrected chi connectivity index (χ3v) is 7.62. The molecule has 1 aliphatic rings. The number of carbonyl (C=O) groups is 2. The van der Waals surface area contributed by atoms with Crippen LogP contribution < -0.4 is 0 Å². The zero-order chi connectivity index (χ0) is 23.1. The molecule has 2 aromatic rings. The minimum atomic E-state index is -0.290. The summed E-state index contributed by atoms with van der Waals surface area (Å²) in [6.07, 6.45) is 6.03. The summed E-state index contributed by atoms with van der Waals surface area (Å²) in [7, 11) is 0. The smallest absolute Gasteiger partial charge is 0.242 e. The van der Waals surface area contributed by atoms with Gasteiger partial charge in [0, 0.05) is 23.4 Å². The largest absolute Gasteiger partial charge is 0.332 e. The van der Waals surface area contributed by atoms with Crippen LogP contribution >= 0.6 is 11.3 Å². The van der Waals surface area contributed by atoms with Gasteiger partial charge in [0.1, 0.15) is 12.4 Å². The van der Waals surface area contributed by atoms with E-state index in [1.165, 1.54) is 18.6 Å². The van der Waals surface area contributed by atoms with Crippen molar-refractivity contribution in [2.45, 2.75) is 78.4 Å². The van der Waals surface area contributed by atoms with Crippen molar-refractivity contribution in [2.75, 3.05) is 6.54 Å². The lowest BCUT2D eigenvalue weighted by molar-refractivity contribution is -0.146. The molecule has 32 heavy (non-hydrogen) atoms. The Hall–Kier alpha value is -2.21. The highest BCUT2D eigenvalue weighted by Crippen LogP contribution is 2.27. The monoisotopic (exact) mass is 458 g/mol. The minimum Gasteiger partial charge on any atom is -0.332 e. The predicted octanol–water partition coefficient (Wildman–Crippen LogP) is 5.93. The van der Waals surface area contributed by atoms with Gasteiger partial charge in [-0.3, -0.25) is 9.59 Å². The first-order valence-corrected chi connectivity index (χ1v) is 12.6. The molecular formula is C26H35FN2O2S. The Morgan fingerprint density at radius 2 is 1.78 bits per heavy atom. The molecule has 0 saturated heterocycles. The quantitative estimate of drug-likeness (QED) is 0.467. The van der Waals surface area contributed by atoms with E-state index in [1.54, 1.807) is 33.3 Å². The summed E-state index contributed by atoms with van der Waals surface area (Å²) < 4.78 is 13.4. The molecule has 1 fully saturated rings. The number of halogens is 1. The van der Waals surface area contributed by atoms with E-state index in [4.69, 9.17) is 0 Å². The van der Waals surface area contributed by atoms with Gasteiger partial charge in [-0.1, -0.05) is 38.3 Å². The number of benzene rings is 1. The van der Waals surface area contributed by atoms with Crippen molar-refractivity contribution in [2.24, 2.45) is 5.92 Å². The average molecular weight is 459 g/mol. The van der Waals surface area contributed by atoms with E-state index in [1.807, 2.05) is 19.2 Å². The van der Waals surface area contributed by atoms with Crippen molar-refractivity contribution in [1.29, 1.82) is 0 Å². The molecule has 0 bridgehead atoms. The summed E-state index contributed by atoms with van der Waals surface area (Å²) in [6.45, 7) is 7.11. The van der Waals surface area contributed by atoms with Crippen LogP contribution in [-0.4, -0.2) is 34.2 Å². The van der Waals surface area contributed by atoms with Crippen LogP contribution in [0.4, 0.5) is 4.39 Å². The Morgan fingerprint density at radius 3 is 2.38 bits per heavy atom. The van der Waals surface area contributed by atoms with E-state index in [2.05, 4.69) is 13.0 Å². The van der Waals surface area contributed by atoms with Gasteiger partial charge in [-0.25, -0.2) is 4.39 Å². The standard InChI is InChI=1S/C26H35FN2O2S/c1-4-20(3)29(26(31)22-8-6-5-7-9-22)18-25(30)28(17-24-19(2)14-15-32-24)16-21-10-12-23(27)13-11-21/h10-15,20,22H,4-9,16-18H2,1-3H3. The minimum absolute atomic E-state index is 0.0181. The fourth-order valence-electron chi connectivity index (χ4n) is 4.28. The molecule has 6 heteroatoms. The van der Waals surface area contributed by atoms with Gasteiger partial charge >= 0.3 is 0 Å². The van der Waals surface area contributed by atoms with Gasteiger partial charge in [-0.2, -0.15) is 0 Å². The van der Waals surface area contributed by atoms with Crippen molar-refractivity contribution in [3.05, 3.63) is 57.5 Å². The molecule has 0 aliphatic heterocycles. The van der Waals surface area contributed by atoms with Crippen LogP contribution in [0.25, 0.3) is 0 Å². The van der Waals surface area contributed by atoms with E-state index in [-0.39, 0.29) is 36.1 Å². The first-order valence-electron chi connectivity index (χ1n) is 11.7. The van der Waals surface area contributed by atoms with Crippen LogP contribution in [0.5, 0.6) is 0 Å². The topological polar surface area (TPSA) is 40.6 Å². The van der Waals surface area contributed by atoms with Crippen LogP contribution in [0.3, 0.4) is 0 Å². The maximum absolute atomic E-state index is 13.5. The van der Waals surface area contributed by atoms with Crippen molar-refractivity contribution >= 4 is 23.2 Å². The number of amides is 2. The van der Waals surface area contributed by atoms with Crippen molar-refractivity contribution in [3.63, 3.8) is 0 Å². The van der Waals surface area contributed by atoms with Crippen LogP contribution in [0.15, 0.2) is 35.7 Å². The van der Waals surface area contributed by atoms with Crippen LogP contribution in [0.2, 0.25) is 0 Å². The van der Waals surface area contributed by atoms with E-state index in [0.29, 0.717) is 13.1 Å². The average Bonchev–Trinajstić information content (AvgIpc) is 3.22. The number of nitrogens with zero attached hydrogens (tertiary/aromatic N) is 2. The van der Waals surface area contributed by atoms with Crippen LogP contribution in [0.1, 0.15) is 68.4 Å². The molecule has 2 amide bonds. The van der Waals surface area contributed by atoms with Gasteiger partial charge in [0.05, 0.1) is 6.54 Å². The summed E-state index contributed by atoms with van der Waals surface area (Å²) >= 11 is 1.63. The van der Waals surface area contributed by atoms with Crippen molar-refractivity contribution < 1.29 is 14.0 Å². The van der Waals surface area contributed by atoms with Crippen LogP contribution in [0, 0.1) is 18.7 Å². The highest BCUT2D eigenvalue weighted by Gasteiger charge is 2.31. The molecule has 1 aliphatic carbocycles. The molecular weight excluding hydrogens is 423 g/mol. The summed E-state index contributed by atoms with van der Waals surface area (Å²) in [5, 5.41) is 2.03. The first kappa shape index (κ1) is 24.4. The van der Waals surface area contributed by atoms with E-state index in [9.17, 15) is 14.0 Å². The molecule has 3 rings (SSSR count). The van der Waals surface area contributed by atoms with Crippen molar-refractivity contribution in [3.8, 4) is 0 Å². The number of thiophene rings is 1. The van der Waals surface area contributed by atoms with E-state index >= 15 is 0 Å². The van der Waals surface area contributed by atoms with Crippen molar-refractivity contribution in [1.82, 2.24) is 9.80 Å². The lowest BCUT2D eigenvalue weighted by atomic mass is 9.88. The Kier molecular flexibility index (Phi) is 8.85. The fraction of sp³-hybridized carbons (Fsp3) is 0.538. The fourth-order valence-corrected chi connectivity index (χ4v) is 5.20. The zero-order valence-electron chi connectivity index (χ0n) is 19.5. The third-order valence-electron chi connectivity index (χ3n) is 6.61. The molecule has 1 saturated carbocycles. The molecule has 1 aromatic carbocycles. The normalized spacial score (nSPS) is 15.4. The zero-order valence-corrected chi connectivity index (χ0v) is 20.3. The van der Waals surface area contributed by atoms with Gasteiger partial charge in [0.25, 0.3) is 0 Å². The molecule has 1 aromatic heterocycles. The van der Waals surface area contributed by atoms with Gasteiger partial charge < -0.3 is 9.80 Å². The Labute approximate surface area is 195 Å². The maximum Gasteiger partial charge on any atom is 0.242 e. The third kappa shape index (κ3) is 6.41. The van der Waals surface area contributed by atoms with Crippen LogP contribution in [-0.2, 0) is 22.7 Å². The summed E-state index contributed by atoms with van der Waals surface area (Å²) in [5.74, 6) is -0.189. The predicted molar refractivity (Wildman–Crippen MR) is 128 cm³/mol. The second kappa shape index (κ2) is 11.6. The lowest BCUT2D eigenvalue weighted by Gasteiger charge is -2.34. The summed E-state index contributed by atoms with van der Waals surface area (Å²) in [4.78, 5) is 31.6. The molecule has 1 atom stereocenters. The molecule has 0 radical (unpaired) electrons. The highest BCUT2D eigenvalue weighted by molar-refractivity contribution is 7.10. The second-order valence-electron chi connectivity index (χ2n) is 8.96. The Balaban J connectivity index is 1.79. The number of hydrogen-bond acceptors (Lipinski definition) is 3. The van der Waals surface area contributed by atoms with Gasteiger partial charge in [0.2, 0.25) is 11.8 Å². The SMILES string of the molecule is CCC(C)N(CC(=O)N(Cc1ccc(F)cc1)Cc1sccc1C)C(=O)C1CCCCC1. The number of aryl methyl sites for hydroxylation is 1. The number of rotatable bonds is 9. The first-order chi connectivity index (χ1) is 15.4. The molecule has 0 N–H and O–H groups in total. The van der Waals surface area contributed by atoms with E-state index < -0.39 is 0 Å². The molecule has 174 valence electrons. The summed E-state index contributed by atoms with van der Waals surface area (Å²) in [6, 6.07) is 8.36. The highest BCUT2D eigenvalue weighted by atomic mass is 32.1. The van der Waals surface area contributed by atoms with E-state index in [0.717, 1.165) is 48.1 Å². The second-order valence-corrected chi connectivity index (χ2v) is 9.96. The molecule has 0 spiro atoms. The molecule has 1 unspecified atom stereocenters. The lowest BCUT2D eigenvalue weighted by Crippen LogP contribution is -2.48. The van der Waals surface area contributed by atoms with Gasteiger partial charge in [-0.05, 0) is 67.8 Å². The molecule has 1 heterocycles. The Morgan fingerprint density at radius 1 is 1.09 bits per heavy atom. The maximum atomic E-state index is 13.5. The molecule has 4 nitrogen and oxygen atoms in total.